The zero-order valence-electron chi connectivity index (χ0n) is 18.1. The average Bonchev–Trinajstić information content (AvgIpc) is 2.84. The molecule has 5 heteroatoms. The first-order valence-corrected chi connectivity index (χ1v) is 10.9. The molecular weight excluding hydrogens is 400 g/mol. The van der Waals surface area contributed by atoms with Crippen LogP contribution in [0.15, 0.2) is 78.9 Å². The molecule has 0 bridgehead atoms. The van der Waals surface area contributed by atoms with Crippen molar-refractivity contribution >= 4 is 23.3 Å². The van der Waals surface area contributed by atoms with Gasteiger partial charge in [-0.3, -0.25) is 9.59 Å². The average molecular weight is 427 g/mol. The number of likely N-dealkylation sites (tertiary alicyclic amines) is 1. The van der Waals surface area contributed by atoms with Crippen LogP contribution in [0.5, 0.6) is 0 Å². The van der Waals surface area contributed by atoms with Crippen molar-refractivity contribution in [2.75, 3.05) is 18.4 Å². The van der Waals surface area contributed by atoms with E-state index in [4.69, 9.17) is 0 Å². The van der Waals surface area contributed by atoms with Gasteiger partial charge >= 0.3 is 6.03 Å². The van der Waals surface area contributed by atoms with Crippen LogP contribution in [0.1, 0.15) is 40.5 Å². The van der Waals surface area contributed by atoms with Crippen LogP contribution < -0.4 is 5.32 Å². The fourth-order valence-electron chi connectivity index (χ4n) is 4.06. The van der Waals surface area contributed by atoms with Crippen molar-refractivity contribution in [3.8, 4) is 11.1 Å². The van der Waals surface area contributed by atoms with E-state index in [1.54, 1.807) is 29.2 Å². The number of ketones is 2. The first-order valence-electron chi connectivity index (χ1n) is 10.9. The molecule has 0 radical (unpaired) electrons. The van der Waals surface area contributed by atoms with Crippen LogP contribution in [-0.2, 0) is 0 Å². The lowest BCUT2D eigenvalue weighted by molar-refractivity contribution is 0.0851. The summed E-state index contributed by atoms with van der Waals surface area (Å²) in [6.45, 7) is 2.53. The number of benzene rings is 3. The highest BCUT2D eigenvalue weighted by atomic mass is 16.2. The molecule has 0 unspecified atom stereocenters. The Kier molecular flexibility index (Phi) is 6.45. The molecule has 32 heavy (non-hydrogen) atoms. The summed E-state index contributed by atoms with van der Waals surface area (Å²) in [7, 11) is 0. The lowest BCUT2D eigenvalue weighted by atomic mass is 9.89. The van der Waals surface area contributed by atoms with Crippen LogP contribution in [0.2, 0.25) is 0 Å². The minimum absolute atomic E-state index is 0.0166. The number of urea groups is 1. The number of amides is 2. The van der Waals surface area contributed by atoms with E-state index in [0.717, 1.165) is 24.0 Å². The van der Waals surface area contributed by atoms with E-state index in [2.05, 4.69) is 5.32 Å². The number of carbonyl (C=O) groups is 3. The Labute approximate surface area is 188 Å². The molecule has 0 aliphatic carbocycles. The van der Waals surface area contributed by atoms with Crippen molar-refractivity contribution in [2.24, 2.45) is 5.92 Å². The highest BCUT2D eigenvalue weighted by molar-refractivity contribution is 5.99. The van der Waals surface area contributed by atoms with E-state index in [9.17, 15) is 14.4 Å². The normalized spacial score (nSPS) is 15.8. The van der Waals surface area contributed by atoms with Crippen LogP contribution in [0.3, 0.4) is 0 Å². The van der Waals surface area contributed by atoms with Gasteiger partial charge in [0, 0.05) is 35.8 Å². The number of piperidine rings is 1. The predicted octanol–water partition coefficient (Wildman–Crippen LogP) is 5.68. The van der Waals surface area contributed by atoms with Crippen LogP contribution in [-0.4, -0.2) is 35.6 Å². The van der Waals surface area contributed by atoms with E-state index in [0.29, 0.717) is 29.9 Å². The topological polar surface area (TPSA) is 66.5 Å². The third kappa shape index (κ3) is 4.94. The number of rotatable bonds is 5. The molecule has 0 spiro atoms. The van der Waals surface area contributed by atoms with Crippen molar-refractivity contribution < 1.29 is 14.4 Å². The lowest BCUT2D eigenvalue weighted by Crippen LogP contribution is -2.44. The molecule has 5 nitrogen and oxygen atoms in total. The summed E-state index contributed by atoms with van der Waals surface area (Å²) in [4.78, 5) is 38.9. The van der Waals surface area contributed by atoms with Gasteiger partial charge in [-0.15, -0.1) is 0 Å². The van der Waals surface area contributed by atoms with E-state index >= 15 is 0 Å². The minimum atomic E-state index is -0.225. The Bertz CT molecular complexity index is 1110. The molecule has 0 saturated carbocycles. The molecule has 1 fully saturated rings. The maximum Gasteiger partial charge on any atom is 0.321 e. The number of Topliss-reactive ketones (excluding diaryl/α,β-unsaturated/α-hetero) is 2. The smallest absolute Gasteiger partial charge is 0.321 e. The van der Waals surface area contributed by atoms with E-state index < -0.39 is 0 Å². The number of carbonyl (C=O) groups excluding carboxylic acids is 3. The fourth-order valence-corrected chi connectivity index (χ4v) is 4.06. The molecule has 3 aromatic carbocycles. The number of hydrogen-bond donors (Lipinski definition) is 1. The van der Waals surface area contributed by atoms with Gasteiger partial charge in [-0.1, -0.05) is 54.6 Å². The molecule has 3 aromatic rings. The van der Waals surface area contributed by atoms with Gasteiger partial charge in [0.25, 0.3) is 0 Å². The van der Waals surface area contributed by atoms with Gasteiger partial charge in [-0.2, -0.15) is 0 Å². The molecule has 2 amide bonds. The van der Waals surface area contributed by atoms with Gasteiger partial charge in [0.15, 0.2) is 11.6 Å². The Hall–Kier alpha value is -3.73. The summed E-state index contributed by atoms with van der Waals surface area (Å²) in [5, 5.41) is 2.87. The zero-order valence-corrected chi connectivity index (χ0v) is 18.1. The minimum Gasteiger partial charge on any atom is -0.324 e. The van der Waals surface area contributed by atoms with E-state index in [1.807, 2.05) is 54.6 Å². The second-order valence-corrected chi connectivity index (χ2v) is 8.16. The highest BCUT2D eigenvalue weighted by Crippen LogP contribution is 2.24. The van der Waals surface area contributed by atoms with Crippen LogP contribution >= 0.6 is 0 Å². The predicted molar refractivity (Wildman–Crippen MR) is 126 cm³/mol. The van der Waals surface area contributed by atoms with Crippen molar-refractivity contribution in [2.45, 2.75) is 19.8 Å². The summed E-state index contributed by atoms with van der Waals surface area (Å²) in [5.74, 6) is -0.151. The molecule has 1 atom stereocenters. The van der Waals surface area contributed by atoms with Gasteiger partial charge in [0.05, 0.1) is 0 Å². The van der Waals surface area contributed by atoms with Gasteiger partial charge in [0.2, 0.25) is 0 Å². The molecule has 162 valence electrons. The molecular formula is C27H26N2O3. The monoisotopic (exact) mass is 426 g/mol. The summed E-state index contributed by atoms with van der Waals surface area (Å²) in [5.41, 5.74) is 4.09. The molecule has 4 rings (SSSR count). The van der Waals surface area contributed by atoms with E-state index in [1.165, 1.54) is 6.92 Å². The molecule has 1 aliphatic rings. The third-order valence-electron chi connectivity index (χ3n) is 5.90. The summed E-state index contributed by atoms with van der Waals surface area (Å²) in [6.07, 6.45) is 1.56. The standard InChI is InChI=1S/C27H26N2O3/c1-19(30)20-13-15-25(16-14-20)28-27(32)29-17-5-8-24(18-29)26(31)23-11-9-22(10-12-23)21-6-3-2-4-7-21/h2-4,6-7,9-16,24H,5,8,17-18H2,1H3,(H,28,32)/t24-/m1/s1. The second-order valence-electron chi connectivity index (χ2n) is 8.16. The molecule has 1 saturated heterocycles. The Morgan fingerprint density at radius 1 is 0.812 bits per heavy atom. The Morgan fingerprint density at radius 3 is 2.09 bits per heavy atom. The number of hydrogen-bond acceptors (Lipinski definition) is 3. The van der Waals surface area contributed by atoms with Crippen LogP contribution in [0.4, 0.5) is 10.5 Å². The number of nitrogens with one attached hydrogen (secondary N) is 1. The number of nitrogens with zero attached hydrogens (tertiary/aromatic N) is 1. The quantitative estimate of drug-likeness (QED) is 0.534. The first-order chi connectivity index (χ1) is 15.5. The van der Waals surface area contributed by atoms with Gasteiger partial charge in [-0.05, 0) is 55.2 Å². The van der Waals surface area contributed by atoms with Crippen molar-refractivity contribution in [1.29, 1.82) is 0 Å². The summed E-state index contributed by atoms with van der Waals surface area (Å²) < 4.78 is 0. The van der Waals surface area contributed by atoms with Crippen molar-refractivity contribution in [3.63, 3.8) is 0 Å². The summed E-state index contributed by atoms with van der Waals surface area (Å²) >= 11 is 0. The SMILES string of the molecule is CC(=O)c1ccc(NC(=O)N2CCC[C@@H](C(=O)c3ccc(-c4ccccc4)cc3)C2)cc1. The maximum absolute atomic E-state index is 13.1. The number of anilines is 1. The first kappa shape index (κ1) is 21.5. The highest BCUT2D eigenvalue weighted by Gasteiger charge is 2.29. The largest absolute Gasteiger partial charge is 0.324 e. The fraction of sp³-hybridized carbons (Fsp3) is 0.222. The van der Waals surface area contributed by atoms with Crippen LogP contribution in [0.25, 0.3) is 11.1 Å². The summed E-state index contributed by atoms with van der Waals surface area (Å²) in [6, 6.07) is 24.3. The molecule has 1 N–H and O–H groups in total. The van der Waals surface area contributed by atoms with Crippen LogP contribution in [0, 0.1) is 5.92 Å². The second kappa shape index (κ2) is 9.60. The van der Waals surface area contributed by atoms with Gasteiger partial charge < -0.3 is 10.2 Å². The zero-order chi connectivity index (χ0) is 22.5. The van der Waals surface area contributed by atoms with Crippen molar-refractivity contribution in [1.82, 2.24) is 4.90 Å². The molecule has 1 aliphatic heterocycles. The third-order valence-corrected chi connectivity index (χ3v) is 5.90. The Balaban J connectivity index is 1.39. The van der Waals surface area contributed by atoms with E-state index in [-0.39, 0.29) is 23.5 Å². The molecule has 1 heterocycles. The lowest BCUT2D eigenvalue weighted by Gasteiger charge is -2.32. The molecule has 0 aromatic heterocycles. The maximum atomic E-state index is 13.1. The Morgan fingerprint density at radius 2 is 1.44 bits per heavy atom. The van der Waals surface area contributed by atoms with Gasteiger partial charge in [-0.25, -0.2) is 4.79 Å². The van der Waals surface area contributed by atoms with Gasteiger partial charge in [0.1, 0.15) is 0 Å². The van der Waals surface area contributed by atoms with Crippen molar-refractivity contribution in [3.05, 3.63) is 90.0 Å².